The number of anilines is 2. The molecule has 0 amide bonds. The van der Waals surface area contributed by atoms with E-state index < -0.39 is 12.7 Å². The maximum atomic E-state index is 12.8. The molecule has 1 aliphatic carbocycles. The Balaban J connectivity index is 1.73. The number of fused-ring (bicyclic) bond motifs is 1. The second kappa shape index (κ2) is 8.83. The van der Waals surface area contributed by atoms with Crippen LogP contribution in [0.5, 0.6) is 11.5 Å². The van der Waals surface area contributed by atoms with Gasteiger partial charge in [0, 0.05) is 17.8 Å². The number of aromatic nitrogens is 2. The number of hydrogen-bond acceptors (Lipinski definition) is 4. The van der Waals surface area contributed by atoms with Gasteiger partial charge in [-0.15, -0.1) is 26.3 Å². The molecule has 11 heteroatoms. The Morgan fingerprint density at radius 3 is 2.11 bits per heavy atom. The highest BCUT2D eigenvalue weighted by Gasteiger charge is 2.36. The van der Waals surface area contributed by atoms with Gasteiger partial charge in [0.1, 0.15) is 11.5 Å². The van der Waals surface area contributed by atoms with E-state index in [1.165, 1.54) is 42.5 Å². The van der Waals surface area contributed by atoms with Crippen LogP contribution in [0.1, 0.15) is 46.1 Å². The number of nitrogens with zero attached hydrogens (tertiary/aromatic N) is 2. The molecule has 1 saturated carbocycles. The Morgan fingerprint density at radius 1 is 0.914 bits per heavy atom. The van der Waals surface area contributed by atoms with Crippen molar-refractivity contribution in [2.45, 2.75) is 58.8 Å². The first-order valence-electron chi connectivity index (χ1n) is 11.1. The maximum absolute atomic E-state index is 12.8. The predicted molar refractivity (Wildman–Crippen MR) is 119 cm³/mol. The normalized spacial score (nSPS) is 20.6. The smallest absolute Gasteiger partial charge is 0.406 e. The van der Waals surface area contributed by atoms with E-state index in [4.69, 9.17) is 0 Å². The van der Waals surface area contributed by atoms with Crippen molar-refractivity contribution in [3.05, 3.63) is 42.5 Å². The third-order valence-corrected chi connectivity index (χ3v) is 5.97. The molecule has 35 heavy (non-hydrogen) atoms. The Labute approximate surface area is 198 Å². The number of alkyl halides is 6. The molecule has 4 rings (SSSR count). The molecule has 0 radical (unpaired) electrons. The molecule has 0 spiro atoms. The van der Waals surface area contributed by atoms with E-state index in [1.807, 2.05) is 4.57 Å². The predicted octanol–water partition coefficient (Wildman–Crippen LogP) is 7.96. The standard InChI is InChI=1S/C24H25F6N3O2/c1-14-10-16(13-22(2,3)12-14)33-20-11-18(35-24(28,29)30)8-9-19(20)32-21(33)31-15-4-6-17(7-5-15)34-23(25,26)27/h4-9,11,14,16H,10,12-13H2,1-3H3,(H,31,32). The summed E-state index contributed by atoms with van der Waals surface area (Å²) in [5.41, 5.74) is 1.40. The number of nitrogens with one attached hydrogen (secondary N) is 1. The Kier molecular flexibility index (Phi) is 6.31. The summed E-state index contributed by atoms with van der Waals surface area (Å²) in [6.07, 6.45) is -7.04. The summed E-state index contributed by atoms with van der Waals surface area (Å²) < 4.78 is 85.8. The van der Waals surface area contributed by atoms with Crippen molar-refractivity contribution < 1.29 is 35.8 Å². The third-order valence-electron chi connectivity index (χ3n) is 5.97. The van der Waals surface area contributed by atoms with Crippen LogP contribution in [0.4, 0.5) is 38.0 Å². The summed E-state index contributed by atoms with van der Waals surface area (Å²) in [6.45, 7) is 6.44. The first-order valence-corrected chi connectivity index (χ1v) is 11.1. The fourth-order valence-electron chi connectivity index (χ4n) is 5.09. The summed E-state index contributed by atoms with van der Waals surface area (Å²) in [5.74, 6) is 0.0360. The van der Waals surface area contributed by atoms with Gasteiger partial charge in [0.15, 0.2) is 0 Å². The van der Waals surface area contributed by atoms with Gasteiger partial charge in [0.05, 0.1) is 11.0 Å². The number of rotatable bonds is 5. The fourth-order valence-corrected chi connectivity index (χ4v) is 5.09. The minimum absolute atomic E-state index is 0.00680. The quantitative estimate of drug-likeness (QED) is 0.360. The van der Waals surface area contributed by atoms with Crippen LogP contribution in [0.25, 0.3) is 11.0 Å². The molecule has 2 unspecified atom stereocenters. The molecule has 0 bridgehead atoms. The lowest BCUT2D eigenvalue weighted by Gasteiger charge is -2.40. The van der Waals surface area contributed by atoms with E-state index in [0.717, 1.165) is 19.3 Å². The fraction of sp³-hybridized carbons (Fsp3) is 0.458. The van der Waals surface area contributed by atoms with Crippen molar-refractivity contribution in [1.29, 1.82) is 0 Å². The number of halogens is 6. The number of hydrogen-bond donors (Lipinski definition) is 1. The van der Waals surface area contributed by atoms with E-state index in [0.29, 0.717) is 28.6 Å². The molecule has 1 aliphatic rings. The molecule has 2 aromatic carbocycles. The average molecular weight is 501 g/mol. The molecular weight excluding hydrogens is 476 g/mol. The van der Waals surface area contributed by atoms with Gasteiger partial charge < -0.3 is 19.4 Å². The highest BCUT2D eigenvalue weighted by atomic mass is 19.4. The summed E-state index contributed by atoms with van der Waals surface area (Å²) >= 11 is 0. The van der Waals surface area contributed by atoms with Crippen molar-refractivity contribution in [3.8, 4) is 11.5 Å². The molecule has 1 N–H and O–H groups in total. The van der Waals surface area contributed by atoms with E-state index in [1.54, 1.807) is 0 Å². The maximum Gasteiger partial charge on any atom is 0.573 e. The van der Waals surface area contributed by atoms with Gasteiger partial charge in [0.2, 0.25) is 5.95 Å². The van der Waals surface area contributed by atoms with Gasteiger partial charge in [-0.05, 0) is 67.0 Å². The Bertz CT molecular complexity index is 1180. The zero-order valence-corrected chi connectivity index (χ0v) is 19.3. The minimum Gasteiger partial charge on any atom is -0.406 e. The molecule has 1 aromatic heterocycles. The van der Waals surface area contributed by atoms with Gasteiger partial charge in [-0.2, -0.15) is 0 Å². The zero-order chi connectivity index (χ0) is 25.6. The van der Waals surface area contributed by atoms with Crippen molar-refractivity contribution in [1.82, 2.24) is 9.55 Å². The molecule has 190 valence electrons. The van der Waals surface area contributed by atoms with E-state index in [2.05, 4.69) is 40.5 Å². The third kappa shape index (κ3) is 6.32. The van der Waals surface area contributed by atoms with Crippen LogP contribution >= 0.6 is 0 Å². The monoisotopic (exact) mass is 501 g/mol. The van der Waals surface area contributed by atoms with Crippen LogP contribution in [0.15, 0.2) is 42.5 Å². The number of ether oxygens (including phenoxy) is 2. The topological polar surface area (TPSA) is 48.3 Å². The van der Waals surface area contributed by atoms with E-state index in [-0.39, 0.29) is 23.0 Å². The zero-order valence-electron chi connectivity index (χ0n) is 19.3. The van der Waals surface area contributed by atoms with E-state index >= 15 is 0 Å². The van der Waals surface area contributed by atoms with Crippen LogP contribution in [-0.2, 0) is 0 Å². The summed E-state index contributed by atoms with van der Waals surface area (Å²) in [6, 6.07) is 9.08. The first kappa shape index (κ1) is 25.0. The van der Waals surface area contributed by atoms with Gasteiger partial charge >= 0.3 is 12.7 Å². The molecule has 1 heterocycles. The van der Waals surface area contributed by atoms with E-state index in [9.17, 15) is 26.3 Å². The summed E-state index contributed by atoms with van der Waals surface area (Å²) in [5, 5.41) is 3.11. The SMILES string of the molecule is CC1CC(n2c(Nc3ccc(OC(F)(F)F)cc3)nc3ccc(OC(F)(F)F)cc32)CC(C)(C)C1. The first-order chi connectivity index (χ1) is 16.2. The van der Waals surface area contributed by atoms with Crippen LogP contribution in [0, 0.1) is 11.3 Å². The Hall–Kier alpha value is -3.11. The second-order valence-corrected chi connectivity index (χ2v) is 9.77. The highest BCUT2D eigenvalue weighted by Crippen LogP contribution is 2.46. The Morgan fingerprint density at radius 2 is 1.51 bits per heavy atom. The van der Waals surface area contributed by atoms with Crippen LogP contribution in [-0.4, -0.2) is 22.3 Å². The van der Waals surface area contributed by atoms with Gasteiger partial charge in [-0.1, -0.05) is 20.8 Å². The van der Waals surface area contributed by atoms with Gasteiger partial charge in [0.25, 0.3) is 0 Å². The van der Waals surface area contributed by atoms with Crippen LogP contribution in [0.2, 0.25) is 0 Å². The molecule has 2 atom stereocenters. The van der Waals surface area contributed by atoms with Gasteiger partial charge in [-0.25, -0.2) is 4.98 Å². The molecule has 0 saturated heterocycles. The molecule has 5 nitrogen and oxygen atoms in total. The highest BCUT2D eigenvalue weighted by molar-refractivity contribution is 5.81. The van der Waals surface area contributed by atoms with Gasteiger partial charge in [-0.3, -0.25) is 0 Å². The van der Waals surface area contributed by atoms with Crippen molar-refractivity contribution in [3.63, 3.8) is 0 Å². The lowest BCUT2D eigenvalue weighted by molar-refractivity contribution is -0.275. The molecule has 0 aliphatic heterocycles. The lowest BCUT2D eigenvalue weighted by atomic mass is 9.70. The number of imidazole rings is 1. The van der Waals surface area contributed by atoms with Crippen molar-refractivity contribution in [2.24, 2.45) is 11.3 Å². The molecule has 3 aromatic rings. The molecule has 1 fully saturated rings. The van der Waals surface area contributed by atoms with Crippen molar-refractivity contribution in [2.75, 3.05) is 5.32 Å². The number of benzene rings is 2. The van der Waals surface area contributed by atoms with Crippen LogP contribution < -0.4 is 14.8 Å². The largest absolute Gasteiger partial charge is 0.573 e. The second-order valence-electron chi connectivity index (χ2n) is 9.77. The lowest BCUT2D eigenvalue weighted by Crippen LogP contribution is -2.29. The minimum atomic E-state index is -4.83. The van der Waals surface area contributed by atoms with Crippen LogP contribution in [0.3, 0.4) is 0 Å². The molecular formula is C24H25F6N3O2. The average Bonchev–Trinajstić information content (AvgIpc) is 3.02. The van der Waals surface area contributed by atoms with Crippen molar-refractivity contribution >= 4 is 22.7 Å². The summed E-state index contributed by atoms with van der Waals surface area (Å²) in [7, 11) is 0. The summed E-state index contributed by atoms with van der Waals surface area (Å²) in [4.78, 5) is 4.58.